The van der Waals surface area contributed by atoms with Crippen LogP contribution < -0.4 is 4.74 Å². The Labute approximate surface area is 138 Å². The molecular weight excluding hydrogens is 284 g/mol. The van der Waals surface area contributed by atoms with E-state index in [1.807, 2.05) is 0 Å². The maximum atomic E-state index is 5.42. The van der Waals surface area contributed by atoms with E-state index in [-0.39, 0.29) is 0 Å². The minimum atomic E-state index is 0.711. The summed E-state index contributed by atoms with van der Waals surface area (Å²) in [5.74, 6) is 3.46. The molecule has 3 heteroatoms. The summed E-state index contributed by atoms with van der Waals surface area (Å²) in [6.45, 7) is 4.96. The Morgan fingerprint density at radius 3 is 3.04 bits per heavy atom. The van der Waals surface area contributed by atoms with Crippen molar-refractivity contribution in [2.45, 2.75) is 44.6 Å². The highest BCUT2D eigenvalue weighted by Gasteiger charge is 2.48. The molecule has 3 fully saturated rings. The lowest BCUT2D eigenvalue weighted by atomic mass is 9.65. The largest absolute Gasteiger partial charge is 0.497 e. The second kappa shape index (κ2) is 5.01. The first-order valence-electron chi connectivity index (χ1n) is 9.21. The van der Waals surface area contributed by atoms with Crippen LogP contribution in [0.15, 0.2) is 18.2 Å². The SMILES string of the molecule is CCC1CC2CC3c4[nH]c5cc(OC)ccc5c4CCN(C2)C13. The van der Waals surface area contributed by atoms with E-state index in [0.717, 1.165) is 23.6 Å². The number of rotatable bonds is 2. The predicted octanol–water partition coefficient (Wildman–Crippen LogP) is 3.94. The van der Waals surface area contributed by atoms with Crippen molar-refractivity contribution in [3.8, 4) is 5.75 Å². The number of aromatic nitrogens is 1. The van der Waals surface area contributed by atoms with Gasteiger partial charge in [0, 0.05) is 47.7 Å². The molecule has 1 aromatic heterocycles. The van der Waals surface area contributed by atoms with Crippen LogP contribution in [0, 0.1) is 11.8 Å². The molecule has 0 radical (unpaired) electrons. The molecule has 2 saturated heterocycles. The molecular formula is C20H26N2O. The van der Waals surface area contributed by atoms with Gasteiger partial charge in [-0.1, -0.05) is 13.3 Å². The Morgan fingerprint density at radius 2 is 2.22 bits per heavy atom. The Bertz CT molecular complexity index is 749. The van der Waals surface area contributed by atoms with Crippen LogP contribution in [0.2, 0.25) is 0 Å². The van der Waals surface area contributed by atoms with Crippen molar-refractivity contribution in [1.82, 2.24) is 9.88 Å². The Balaban J connectivity index is 1.66. The second-order valence-corrected chi connectivity index (χ2v) is 7.78. The van der Waals surface area contributed by atoms with Crippen LogP contribution in [0.3, 0.4) is 0 Å². The third-order valence-electron chi connectivity index (χ3n) is 6.72. The molecule has 3 aliphatic heterocycles. The molecule has 122 valence electrons. The lowest BCUT2D eigenvalue weighted by Gasteiger charge is -2.53. The lowest BCUT2D eigenvalue weighted by molar-refractivity contribution is -0.0134. The fourth-order valence-corrected chi connectivity index (χ4v) is 5.81. The standard InChI is InChI=1S/C20H26N2O/c1-3-13-8-12-9-17-19-16(6-7-22(11-12)20(13)17)15-5-4-14(23-2)10-18(15)21-19/h4-5,10,12-13,17,20-21H,3,6-9,11H2,1-2H3. The van der Waals surface area contributed by atoms with Gasteiger partial charge in [0.25, 0.3) is 0 Å². The summed E-state index contributed by atoms with van der Waals surface area (Å²) in [5, 5.41) is 1.42. The summed E-state index contributed by atoms with van der Waals surface area (Å²) in [5.41, 5.74) is 4.39. The first kappa shape index (κ1) is 13.9. The van der Waals surface area contributed by atoms with Gasteiger partial charge in [-0.3, -0.25) is 4.90 Å². The molecule has 23 heavy (non-hydrogen) atoms. The van der Waals surface area contributed by atoms with Crippen LogP contribution in [-0.4, -0.2) is 36.1 Å². The molecule has 6 rings (SSSR count). The fraction of sp³-hybridized carbons (Fsp3) is 0.600. The van der Waals surface area contributed by atoms with Gasteiger partial charge in [0.05, 0.1) is 7.11 Å². The summed E-state index contributed by atoms with van der Waals surface area (Å²) in [6, 6.07) is 7.29. The molecule has 1 aromatic carbocycles. The van der Waals surface area contributed by atoms with Gasteiger partial charge in [-0.25, -0.2) is 0 Å². The third-order valence-corrected chi connectivity index (χ3v) is 6.72. The fourth-order valence-electron chi connectivity index (χ4n) is 5.81. The predicted molar refractivity (Wildman–Crippen MR) is 93.2 cm³/mol. The number of nitrogens with zero attached hydrogens (tertiary/aromatic N) is 1. The van der Waals surface area contributed by atoms with Gasteiger partial charge in [-0.2, -0.15) is 0 Å². The molecule has 4 heterocycles. The lowest BCUT2D eigenvalue weighted by Crippen LogP contribution is -2.56. The van der Waals surface area contributed by atoms with Crippen LogP contribution >= 0.6 is 0 Å². The maximum Gasteiger partial charge on any atom is 0.120 e. The average Bonchev–Trinajstić information content (AvgIpc) is 2.92. The number of fused-ring (bicyclic) bond motifs is 4. The van der Waals surface area contributed by atoms with Crippen LogP contribution in [0.25, 0.3) is 10.9 Å². The van der Waals surface area contributed by atoms with E-state index < -0.39 is 0 Å². The number of hydrogen-bond donors (Lipinski definition) is 1. The normalized spacial score (nSPS) is 35.1. The highest BCUT2D eigenvalue weighted by Crippen LogP contribution is 2.51. The number of aromatic amines is 1. The van der Waals surface area contributed by atoms with E-state index in [1.165, 1.54) is 49.7 Å². The molecule has 5 unspecified atom stereocenters. The zero-order valence-corrected chi connectivity index (χ0v) is 14.1. The molecule has 2 aromatic rings. The van der Waals surface area contributed by atoms with Crippen molar-refractivity contribution in [1.29, 1.82) is 0 Å². The minimum absolute atomic E-state index is 0.711. The van der Waals surface area contributed by atoms with Crippen LogP contribution in [0.4, 0.5) is 0 Å². The summed E-state index contributed by atoms with van der Waals surface area (Å²) < 4.78 is 5.42. The molecule has 4 aliphatic rings. The summed E-state index contributed by atoms with van der Waals surface area (Å²) in [6.07, 6.45) is 5.36. The maximum absolute atomic E-state index is 5.42. The van der Waals surface area contributed by atoms with Crippen molar-refractivity contribution >= 4 is 10.9 Å². The topological polar surface area (TPSA) is 28.3 Å². The smallest absolute Gasteiger partial charge is 0.120 e. The van der Waals surface area contributed by atoms with Crippen LogP contribution in [0.1, 0.15) is 43.4 Å². The monoisotopic (exact) mass is 310 g/mol. The number of methoxy groups -OCH3 is 1. The molecule has 5 atom stereocenters. The van der Waals surface area contributed by atoms with Crippen LogP contribution in [0.5, 0.6) is 5.75 Å². The average molecular weight is 310 g/mol. The number of nitrogens with one attached hydrogen (secondary N) is 1. The van der Waals surface area contributed by atoms with Crippen molar-refractivity contribution in [3.05, 3.63) is 29.5 Å². The van der Waals surface area contributed by atoms with E-state index in [1.54, 1.807) is 18.4 Å². The van der Waals surface area contributed by atoms with Gasteiger partial charge in [0.2, 0.25) is 0 Å². The third kappa shape index (κ3) is 1.92. The summed E-state index contributed by atoms with van der Waals surface area (Å²) >= 11 is 0. The molecule has 0 amide bonds. The Morgan fingerprint density at radius 1 is 1.30 bits per heavy atom. The van der Waals surface area contributed by atoms with Gasteiger partial charge in [0.15, 0.2) is 0 Å². The molecule has 1 N–H and O–H groups in total. The second-order valence-electron chi connectivity index (χ2n) is 7.78. The van der Waals surface area contributed by atoms with Gasteiger partial charge < -0.3 is 9.72 Å². The van der Waals surface area contributed by atoms with E-state index >= 15 is 0 Å². The molecule has 4 bridgehead atoms. The minimum Gasteiger partial charge on any atom is -0.497 e. The number of ether oxygens (including phenoxy) is 1. The van der Waals surface area contributed by atoms with Crippen molar-refractivity contribution in [3.63, 3.8) is 0 Å². The number of benzene rings is 1. The molecule has 1 saturated carbocycles. The van der Waals surface area contributed by atoms with Crippen molar-refractivity contribution in [2.24, 2.45) is 11.8 Å². The first-order valence-corrected chi connectivity index (χ1v) is 9.21. The Hall–Kier alpha value is -1.48. The number of piperidine rings is 2. The van der Waals surface area contributed by atoms with Gasteiger partial charge in [-0.05, 0) is 48.8 Å². The highest BCUT2D eigenvalue weighted by molar-refractivity contribution is 5.86. The molecule has 1 aliphatic carbocycles. The van der Waals surface area contributed by atoms with E-state index in [4.69, 9.17) is 4.74 Å². The molecule has 3 nitrogen and oxygen atoms in total. The van der Waals surface area contributed by atoms with E-state index in [9.17, 15) is 0 Å². The summed E-state index contributed by atoms with van der Waals surface area (Å²) in [7, 11) is 1.75. The van der Waals surface area contributed by atoms with E-state index in [2.05, 4.69) is 35.0 Å². The summed E-state index contributed by atoms with van der Waals surface area (Å²) in [4.78, 5) is 6.63. The highest BCUT2D eigenvalue weighted by atomic mass is 16.5. The zero-order chi connectivity index (χ0) is 15.6. The van der Waals surface area contributed by atoms with Gasteiger partial charge in [0.1, 0.15) is 5.75 Å². The zero-order valence-electron chi connectivity index (χ0n) is 14.1. The number of hydrogen-bond acceptors (Lipinski definition) is 2. The van der Waals surface area contributed by atoms with Crippen molar-refractivity contribution in [2.75, 3.05) is 20.2 Å². The first-order chi connectivity index (χ1) is 11.3. The van der Waals surface area contributed by atoms with Gasteiger partial charge >= 0.3 is 0 Å². The molecule has 0 spiro atoms. The van der Waals surface area contributed by atoms with E-state index in [0.29, 0.717) is 5.92 Å². The number of H-pyrrole nitrogens is 1. The quantitative estimate of drug-likeness (QED) is 0.910. The Kier molecular flexibility index (Phi) is 3.03. The van der Waals surface area contributed by atoms with Gasteiger partial charge in [-0.15, -0.1) is 0 Å². The van der Waals surface area contributed by atoms with Crippen molar-refractivity contribution < 1.29 is 4.74 Å². The van der Waals surface area contributed by atoms with Crippen LogP contribution in [-0.2, 0) is 6.42 Å².